The molecule has 2 amide bonds. The van der Waals surface area contributed by atoms with Crippen molar-refractivity contribution >= 4 is 33.6 Å². The highest BCUT2D eigenvalue weighted by Crippen LogP contribution is 2.47. The maximum atomic E-state index is 13.7. The molecule has 196 valence electrons. The number of para-hydroxylation sites is 2. The van der Waals surface area contributed by atoms with Gasteiger partial charge < -0.3 is 19.8 Å². The Labute approximate surface area is 227 Å². The van der Waals surface area contributed by atoms with E-state index in [4.69, 9.17) is 0 Å². The summed E-state index contributed by atoms with van der Waals surface area (Å²) in [6.45, 7) is 2.40. The summed E-state index contributed by atoms with van der Waals surface area (Å²) in [7, 11) is 0. The van der Waals surface area contributed by atoms with Crippen molar-refractivity contribution in [3.05, 3.63) is 108 Å². The molecule has 2 aromatic heterocycles. The number of carbonyl (C=O) groups excluding carboxylic acids is 2. The van der Waals surface area contributed by atoms with E-state index in [0.29, 0.717) is 32.6 Å². The Hall–Kier alpha value is -4.32. The largest absolute Gasteiger partial charge is 0.361 e. The topological polar surface area (TPSA) is 72.2 Å². The van der Waals surface area contributed by atoms with Gasteiger partial charge in [0.05, 0.1) is 5.92 Å². The van der Waals surface area contributed by atoms with Gasteiger partial charge in [0.2, 0.25) is 11.8 Å². The lowest BCUT2D eigenvalue weighted by Crippen LogP contribution is -2.47. The molecule has 0 aliphatic carbocycles. The summed E-state index contributed by atoms with van der Waals surface area (Å²) in [5, 5.41) is 2.47. The lowest BCUT2D eigenvalue weighted by Gasteiger charge is -2.43. The van der Waals surface area contributed by atoms with Crippen molar-refractivity contribution < 1.29 is 9.59 Å². The third-order valence-corrected chi connectivity index (χ3v) is 8.92. The van der Waals surface area contributed by atoms with E-state index in [0.717, 1.165) is 29.4 Å². The highest BCUT2D eigenvalue weighted by molar-refractivity contribution is 5.91. The van der Waals surface area contributed by atoms with Crippen LogP contribution in [0.25, 0.3) is 21.8 Å². The van der Waals surface area contributed by atoms with Crippen LogP contribution in [0.1, 0.15) is 36.0 Å². The van der Waals surface area contributed by atoms with Gasteiger partial charge in [-0.2, -0.15) is 0 Å². The molecule has 39 heavy (non-hydrogen) atoms. The number of hydrogen-bond acceptors (Lipinski definition) is 2. The molecular formula is C33H32N4O2. The van der Waals surface area contributed by atoms with Gasteiger partial charge in [-0.05, 0) is 41.7 Å². The molecule has 0 bridgehead atoms. The highest BCUT2D eigenvalue weighted by atomic mass is 16.2. The fourth-order valence-corrected chi connectivity index (χ4v) is 6.88. The first-order valence-electron chi connectivity index (χ1n) is 13.9. The molecule has 2 aliphatic rings. The van der Waals surface area contributed by atoms with Gasteiger partial charge in [-0.1, -0.05) is 66.7 Å². The van der Waals surface area contributed by atoms with E-state index in [1.807, 2.05) is 40.1 Å². The van der Waals surface area contributed by atoms with E-state index in [1.54, 1.807) is 0 Å². The first kappa shape index (κ1) is 23.8. The Morgan fingerprint density at radius 2 is 1.36 bits per heavy atom. The Bertz CT molecular complexity index is 1580. The summed E-state index contributed by atoms with van der Waals surface area (Å²) in [6.07, 6.45) is 6.30. The van der Waals surface area contributed by atoms with Crippen LogP contribution < -0.4 is 0 Å². The molecule has 2 saturated heterocycles. The zero-order valence-electron chi connectivity index (χ0n) is 21.9. The second-order valence-corrected chi connectivity index (χ2v) is 11.1. The first-order chi connectivity index (χ1) is 19.1. The Morgan fingerprint density at radius 1 is 0.795 bits per heavy atom. The number of piperidine rings is 1. The van der Waals surface area contributed by atoms with Crippen LogP contribution in [0, 0.1) is 5.92 Å². The Balaban J connectivity index is 1.16. The number of aromatic amines is 2. The van der Waals surface area contributed by atoms with Crippen molar-refractivity contribution in [2.45, 2.75) is 31.2 Å². The van der Waals surface area contributed by atoms with E-state index >= 15 is 0 Å². The minimum atomic E-state index is -0.269. The fraction of sp³-hybridized carbons (Fsp3) is 0.273. The van der Waals surface area contributed by atoms with Crippen LogP contribution in [0.2, 0.25) is 0 Å². The SMILES string of the molecule is O=C1C[C@H](C(=O)N2CCC(c3c[nH]c4ccccc34)(c3c[nH]c4ccccc34)CC2)CN1Cc1ccccc1. The van der Waals surface area contributed by atoms with Crippen molar-refractivity contribution in [2.75, 3.05) is 19.6 Å². The molecule has 2 fully saturated rings. The zero-order valence-corrected chi connectivity index (χ0v) is 21.9. The number of likely N-dealkylation sites (tertiary alicyclic amines) is 2. The molecule has 5 aromatic rings. The van der Waals surface area contributed by atoms with Crippen molar-refractivity contribution in [3.63, 3.8) is 0 Å². The number of hydrogen-bond donors (Lipinski definition) is 2. The number of nitrogens with one attached hydrogen (secondary N) is 2. The molecular weight excluding hydrogens is 484 g/mol. The van der Waals surface area contributed by atoms with Gasteiger partial charge in [-0.3, -0.25) is 9.59 Å². The van der Waals surface area contributed by atoms with Gasteiger partial charge in [0.25, 0.3) is 0 Å². The number of nitrogens with zero attached hydrogens (tertiary/aromatic N) is 2. The smallest absolute Gasteiger partial charge is 0.227 e. The summed E-state index contributed by atoms with van der Waals surface area (Å²) < 4.78 is 0. The number of H-pyrrole nitrogens is 2. The van der Waals surface area contributed by atoms with Gasteiger partial charge in [0, 0.05) is 72.2 Å². The third kappa shape index (κ3) is 4.02. The average molecular weight is 517 g/mol. The van der Waals surface area contributed by atoms with E-state index in [2.05, 4.69) is 70.9 Å². The lowest BCUT2D eigenvalue weighted by molar-refractivity contribution is -0.137. The van der Waals surface area contributed by atoms with Crippen molar-refractivity contribution in [3.8, 4) is 0 Å². The van der Waals surface area contributed by atoms with E-state index in [-0.39, 0.29) is 23.1 Å². The normalized spacial score (nSPS) is 19.3. The molecule has 0 saturated carbocycles. The molecule has 0 unspecified atom stereocenters. The summed E-state index contributed by atoms with van der Waals surface area (Å²) in [5.41, 5.74) is 5.72. The third-order valence-electron chi connectivity index (χ3n) is 8.92. The van der Waals surface area contributed by atoms with E-state index in [9.17, 15) is 9.59 Å². The lowest BCUT2D eigenvalue weighted by atomic mass is 9.67. The molecule has 1 atom stereocenters. The van der Waals surface area contributed by atoms with Crippen molar-refractivity contribution in [1.82, 2.24) is 19.8 Å². The van der Waals surface area contributed by atoms with E-state index in [1.165, 1.54) is 21.9 Å². The second-order valence-electron chi connectivity index (χ2n) is 11.1. The maximum absolute atomic E-state index is 13.7. The van der Waals surface area contributed by atoms with Crippen LogP contribution in [0.15, 0.2) is 91.3 Å². The fourth-order valence-electron chi connectivity index (χ4n) is 6.88. The van der Waals surface area contributed by atoms with Gasteiger partial charge in [0.15, 0.2) is 0 Å². The highest BCUT2D eigenvalue weighted by Gasteiger charge is 2.44. The number of carbonyl (C=O) groups is 2. The number of amides is 2. The minimum absolute atomic E-state index is 0.0705. The number of benzene rings is 3. The van der Waals surface area contributed by atoms with Crippen LogP contribution in [0.3, 0.4) is 0 Å². The molecule has 7 rings (SSSR count). The quantitative estimate of drug-likeness (QED) is 0.319. The van der Waals surface area contributed by atoms with Crippen LogP contribution >= 0.6 is 0 Å². The van der Waals surface area contributed by atoms with Gasteiger partial charge >= 0.3 is 0 Å². The predicted octanol–water partition coefficient (Wildman–Crippen LogP) is 5.61. The molecule has 0 radical (unpaired) electrons. The van der Waals surface area contributed by atoms with Gasteiger partial charge in [0.1, 0.15) is 0 Å². The summed E-state index contributed by atoms with van der Waals surface area (Å²) >= 11 is 0. The Morgan fingerprint density at radius 3 is 1.97 bits per heavy atom. The van der Waals surface area contributed by atoms with Crippen molar-refractivity contribution in [2.24, 2.45) is 5.92 Å². The molecule has 2 N–H and O–H groups in total. The standard InChI is InChI=1S/C33H32N4O2/c38-31-18-24(22-37(31)21-23-8-2-1-3-9-23)32(39)36-16-14-33(15-17-36,27-19-34-29-12-6-4-10-25(27)29)28-20-35-30-13-7-5-11-26(28)30/h1-13,19-20,24,34-35H,14-18,21-22H2/t24-/m0/s1. The molecule has 6 heteroatoms. The second kappa shape index (κ2) is 9.45. The molecule has 0 spiro atoms. The number of fused-ring (bicyclic) bond motifs is 2. The van der Waals surface area contributed by atoms with E-state index < -0.39 is 0 Å². The number of rotatable bonds is 5. The summed E-state index contributed by atoms with van der Waals surface area (Å²) in [6, 6.07) is 27.0. The first-order valence-corrected chi connectivity index (χ1v) is 13.9. The van der Waals surface area contributed by atoms with Crippen LogP contribution in [0.5, 0.6) is 0 Å². The zero-order chi connectivity index (χ0) is 26.4. The summed E-state index contributed by atoms with van der Waals surface area (Å²) in [4.78, 5) is 37.3. The van der Waals surface area contributed by atoms with Crippen LogP contribution in [-0.4, -0.2) is 51.2 Å². The van der Waals surface area contributed by atoms with Crippen LogP contribution in [0.4, 0.5) is 0 Å². The summed E-state index contributed by atoms with van der Waals surface area (Å²) in [5.74, 6) is -0.0820. The molecule has 2 aliphatic heterocycles. The monoisotopic (exact) mass is 516 g/mol. The van der Waals surface area contributed by atoms with Gasteiger partial charge in [-0.25, -0.2) is 0 Å². The average Bonchev–Trinajstić information content (AvgIpc) is 3.71. The molecule has 3 aromatic carbocycles. The number of aromatic nitrogens is 2. The maximum Gasteiger partial charge on any atom is 0.227 e. The predicted molar refractivity (Wildman–Crippen MR) is 153 cm³/mol. The molecule has 6 nitrogen and oxygen atoms in total. The Kier molecular flexibility index (Phi) is 5.76. The van der Waals surface area contributed by atoms with Crippen LogP contribution in [-0.2, 0) is 21.5 Å². The minimum Gasteiger partial charge on any atom is -0.361 e. The van der Waals surface area contributed by atoms with Crippen molar-refractivity contribution in [1.29, 1.82) is 0 Å². The molecule has 4 heterocycles. The van der Waals surface area contributed by atoms with Gasteiger partial charge in [-0.15, -0.1) is 0 Å².